The number of nitrogens with zero attached hydrogens (tertiary/aromatic N) is 3. The molecule has 8 aromatic carbocycles. The Labute approximate surface area is 326 Å². The summed E-state index contributed by atoms with van der Waals surface area (Å²) in [6.07, 6.45) is 0. The van der Waals surface area contributed by atoms with Crippen LogP contribution >= 0.6 is 0 Å². The van der Waals surface area contributed by atoms with Gasteiger partial charge in [-0.15, -0.1) is 0 Å². The van der Waals surface area contributed by atoms with Crippen LogP contribution in [0.4, 0.5) is 0 Å². The first-order valence-electron chi connectivity index (χ1n) is 19.1. The van der Waals surface area contributed by atoms with Gasteiger partial charge in [0, 0.05) is 54.7 Å². The van der Waals surface area contributed by atoms with Crippen molar-refractivity contribution >= 4 is 65.7 Å². The second-order valence-corrected chi connectivity index (χ2v) is 14.5. The van der Waals surface area contributed by atoms with Gasteiger partial charge in [-0.05, 0) is 77.9 Å². The molecule has 57 heavy (non-hydrogen) atoms. The molecular weight excluding hydrogens is 699 g/mol. The average molecular weight is 730 g/mol. The molecule has 5 heteroatoms. The first-order chi connectivity index (χ1) is 28.2. The molecule has 0 spiro atoms. The van der Waals surface area contributed by atoms with E-state index in [1.807, 2.05) is 48.5 Å². The molecule has 0 radical (unpaired) electrons. The van der Waals surface area contributed by atoms with Crippen LogP contribution in [0.5, 0.6) is 0 Å². The zero-order valence-corrected chi connectivity index (χ0v) is 30.6. The molecule has 0 unspecified atom stereocenters. The van der Waals surface area contributed by atoms with E-state index in [1.54, 1.807) is 0 Å². The van der Waals surface area contributed by atoms with Gasteiger partial charge in [-0.25, -0.2) is 9.97 Å². The van der Waals surface area contributed by atoms with Gasteiger partial charge < -0.3 is 13.4 Å². The van der Waals surface area contributed by atoms with Crippen molar-refractivity contribution in [3.05, 3.63) is 188 Å². The zero-order valence-electron chi connectivity index (χ0n) is 30.6. The van der Waals surface area contributed by atoms with Crippen molar-refractivity contribution in [1.82, 2.24) is 14.5 Å². The van der Waals surface area contributed by atoms with E-state index in [2.05, 4.69) is 144 Å². The highest BCUT2D eigenvalue weighted by Crippen LogP contribution is 2.41. The Morgan fingerprint density at radius 3 is 1.67 bits per heavy atom. The van der Waals surface area contributed by atoms with Crippen molar-refractivity contribution < 1.29 is 8.83 Å². The highest BCUT2D eigenvalue weighted by atomic mass is 16.3. The third kappa shape index (κ3) is 5.03. The summed E-state index contributed by atoms with van der Waals surface area (Å²) in [6, 6.07) is 65.4. The lowest BCUT2D eigenvalue weighted by atomic mass is 9.99. The number of para-hydroxylation sites is 2. The van der Waals surface area contributed by atoms with Crippen LogP contribution in [-0.2, 0) is 0 Å². The van der Waals surface area contributed by atoms with Crippen molar-refractivity contribution in [2.45, 2.75) is 0 Å². The van der Waals surface area contributed by atoms with Gasteiger partial charge in [0.25, 0.3) is 0 Å². The molecule has 0 aliphatic heterocycles. The van der Waals surface area contributed by atoms with Crippen molar-refractivity contribution in [1.29, 1.82) is 0 Å². The Bertz CT molecular complexity index is 3410. The van der Waals surface area contributed by atoms with E-state index < -0.39 is 0 Å². The minimum absolute atomic E-state index is 0.651. The normalized spacial score (nSPS) is 11.9. The summed E-state index contributed by atoms with van der Waals surface area (Å²) in [6.45, 7) is 0. The number of rotatable bonds is 5. The maximum atomic E-state index is 6.53. The SMILES string of the molecule is c1ccc(-c2cc(-c3ccccc3)nc(-c3cccc4oc5ccc(-c6ccc7c(c6)oc6ccc(-n8c9ccccc9c9ccccc98)cc67)cc5c34)n2)cc1. The van der Waals surface area contributed by atoms with Crippen LogP contribution in [-0.4, -0.2) is 14.5 Å². The summed E-state index contributed by atoms with van der Waals surface area (Å²) in [7, 11) is 0. The molecular formula is C52H31N3O2. The van der Waals surface area contributed by atoms with Crippen LogP contribution in [0.15, 0.2) is 197 Å². The number of fused-ring (bicyclic) bond motifs is 9. The van der Waals surface area contributed by atoms with Crippen LogP contribution in [0.1, 0.15) is 0 Å². The summed E-state index contributed by atoms with van der Waals surface area (Å²) in [5.74, 6) is 0.651. The lowest BCUT2D eigenvalue weighted by molar-refractivity contribution is 0.669. The van der Waals surface area contributed by atoms with Crippen molar-refractivity contribution in [3.8, 4) is 50.7 Å². The predicted octanol–water partition coefficient (Wildman–Crippen LogP) is 14.0. The lowest BCUT2D eigenvalue weighted by Gasteiger charge is -2.10. The van der Waals surface area contributed by atoms with Crippen LogP contribution < -0.4 is 0 Å². The van der Waals surface area contributed by atoms with E-state index in [-0.39, 0.29) is 0 Å². The monoisotopic (exact) mass is 729 g/mol. The van der Waals surface area contributed by atoms with E-state index in [4.69, 9.17) is 18.8 Å². The number of aromatic nitrogens is 3. The van der Waals surface area contributed by atoms with Gasteiger partial charge >= 0.3 is 0 Å². The molecule has 266 valence electrons. The van der Waals surface area contributed by atoms with Crippen molar-refractivity contribution in [2.24, 2.45) is 0 Å². The molecule has 0 fully saturated rings. The van der Waals surface area contributed by atoms with Crippen LogP contribution in [0.25, 0.3) is 116 Å². The number of furan rings is 2. The zero-order chi connectivity index (χ0) is 37.5. The van der Waals surface area contributed by atoms with E-state index in [9.17, 15) is 0 Å². The minimum Gasteiger partial charge on any atom is -0.456 e. The van der Waals surface area contributed by atoms with Gasteiger partial charge in [-0.3, -0.25) is 0 Å². The number of hydrogen-bond donors (Lipinski definition) is 0. The first-order valence-corrected chi connectivity index (χ1v) is 19.1. The average Bonchev–Trinajstić information content (AvgIpc) is 3.95. The number of benzene rings is 8. The summed E-state index contributed by atoms with van der Waals surface area (Å²) in [5.41, 5.74) is 13.6. The molecule has 0 N–H and O–H groups in total. The van der Waals surface area contributed by atoms with Crippen molar-refractivity contribution in [2.75, 3.05) is 0 Å². The van der Waals surface area contributed by atoms with E-state index in [0.29, 0.717) is 5.82 Å². The molecule has 0 atom stereocenters. The Morgan fingerprint density at radius 1 is 0.351 bits per heavy atom. The summed E-state index contributed by atoms with van der Waals surface area (Å²) in [4.78, 5) is 10.3. The quantitative estimate of drug-likeness (QED) is 0.177. The molecule has 0 aliphatic rings. The summed E-state index contributed by atoms with van der Waals surface area (Å²) >= 11 is 0. The van der Waals surface area contributed by atoms with Gasteiger partial charge in [-0.2, -0.15) is 0 Å². The predicted molar refractivity (Wildman–Crippen MR) is 233 cm³/mol. The second kappa shape index (κ2) is 12.4. The molecule has 12 rings (SSSR count). The highest BCUT2D eigenvalue weighted by molar-refractivity contribution is 6.14. The number of hydrogen-bond acceptors (Lipinski definition) is 4. The first kappa shape index (κ1) is 31.6. The summed E-state index contributed by atoms with van der Waals surface area (Å²) < 4.78 is 15.3. The largest absolute Gasteiger partial charge is 0.456 e. The second-order valence-electron chi connectivity index (χ2n) is 14.5. The Hall–Kier alpha value is -7.76. The van der Waals surface area contributed by atoms with E-state index in [0.717, 1.165) is 88.8 Å². The maximum Gasteiger partial charge on any atom is 0.161 e. The van der Waals surface area contributed by atoms with Crippen LogP contribution in [0.3, 0.4) is 0 Å². The van der Waals surface area contributed by atoms with Gasteiger partial charge in [0.1, 0.15) is 22.3 Å². The smallest absolute Gasteiger partial charge is 0.161 e. The molecule has 0 bridgehead atoms. The third-order valence-electron chi connectivity index (χ3n) is 11.2. The van der Waals surface area contributed by atoms with Crippen molar-refractivity contribution in [3.63, 3.8) is 0 Å². The maximum absolute atomic E-state index is 6.53. The van der Waals surface area contributed by atoms with Gasteiger partial charge in [0.2, 0.25) is 0 Å². The molecule has 5 nitrogen and oxygen atoms in total. The molecule has 12 aromatic rings. The standard InChI is InChI=1S/C52H31N3O2/c1-3-12-32(13-4-1)43-31-44(33-14-5-2-6-15-33)54-52(53-43)40-18-11-21-49-51(40)42-28-34(23-26-48(42)56-49)35-22-25-39-41-30-36(24-27-47(41)57-50(39)29-35)55-45-19-9-7-16-37(45)38-17-8-10-20-46(38)55/h1-31H. The summed E-state index contributed by atoms with van der Waals surface area (Å²) in [5, 5.41) is 6.65. The minimum atomic E-state index is 0.651. The molecule has 0 saturated carbocycles. The van der Waals surface area contributed by atoms with Gasteiger partial charge in [0.05, 0.1) is 22.4 Å². The third-order valence-corrected chi connectivity index (χ3v) is 11.2. The molecule has 0 saturated heterocycles. The fourth-order valence-corrected chi connectivity index (χ4v) is 8.56. The van der Waals surface area contributed by atoms with Gasteiger partial charge in [0.15, 0.2) is 5.82 Å². The highest BCUT2D eigenvalue weighted by Gasteiger charge is 2.19. The Balaban J connectivity index is 0.985. The lowest BCUT2D eigenvalue weighted by Crippen LogP contribution is -1.96. The van der Waals surface area contributed by atoms with Crippen LogP contribution in [0, 0.1) is 0 Å². The fourth-order valence-electron chi connectivity index (χ4n) is 8.56. The molecule has 0 aliphatic carbocycles. The topological polar surface area (TPSA) is 57.0 Å². The van der Waals surface area contributed by atoms with Crippen LogP contribution in [0.2, 0.25) is 0 Å². The fraction of sp³-hybridized carbons (Fsp3) is 0. The van der Waals surface area contributed by atoms with E-state index in [1.165, 1.54) is 21.8 Å². The van der Waals surface area contributed by atoms with Gasteiger partial charge in [-0.1, -0.05) is 121 Å². The molecule has 0 amide bonds. The van der Waals surface area contributed by atoms with E-state index >= 15 is 0 Å². The Morgan fingerprint density at radius 2 is 0.947 bits per heavy atom. The Kier molecular flexibility index (Phi) is 6.86. The molecule has 4 aromatic heterocycles. The molecule has 4 heterocycles.